The summed E-state index contributed by atoms with van der Waals surface area (Å²) < 4.78 is 5.35. The van der Waals surface area contributed by atoms with Crippen molar-refractivity contribution in [2.75, 3.05) is 0 Å². The van der Waals surface area contributed by atoms with Crippen LogP contribution in [-0.4, -0.2) is 0 Å². The van der Waals surface area contributed by atoms with Crippen molar-refractivity contribution in [3.63, 3.8) is 0 Å². The molecular formula is C19H19Cl2OTi. The van der Waals surface area contributed by atoms with Gasteiger partial charge in [0.1, 0.15) is 0 Å². The first-order valence-electron chi connectivity index (χ1n) is 7.13. The van der Waals surface area contributed by atoms with E-state index in [1.165, 1.54) is 33.4 Å². The molecule has 0 saturated carbocycles. The van der Waals surface area contributed by atoms with Crippen molar-refractivity contribution in [1.82, 2.24) is 0 Å². The number of allylic oxidation sites excluding steroid dienone is 4. The first-order chi connectivity index (χ1) is 10.3. The fourth-order valence-electron chi connectivity index (χ4n) is 2.91. The minimum Gasteiger partial charge on any atom is -0.147 e. The molecule has 0 spiro atoms. The van der Waals surface area contributed by atoms with Crippen molar-refractivity contribution in [2.45, 2.75) is 20.0 Å². The number of benzene rings is 2. The van der Waals surface area contributed by atoms with Crippen molar-refractivity contribution in [3.8, 4) is 11.1 Å². The molecule has 0 heterocycles. The maximum atomic E-state index is 5.35. The number of rotatable bonds is 4. The van der Waals surface area contributed by atoms with Crippen LogP contribution in [0.2, 0.25) is 0 Å². The van der Waals surface area contributed by atoms with Crippen LogP contribution in [-0.2, 0) is 30.7 Å². The molecule has 1 nitrogen and oxygen atoms in total. The maximum absolute atomic E-state index is 5.35. The minimum absolute atomic E-state index is 0. The summed E-state index contributed by atoms with van der Waals surface area (Å²) in [7, 11) is 0. The van der Waals surface area contributed by atoms with E-state index < -0.39 is 0 Å². The summed E-state index contributed by atoms with van der Waals surface area (Å²) in [5.41, 5.74) is 7.93. The van der Waals surface area contributed by atoms with Crippen LogP contribution in [0.15, 0.2) is 66.3 Å². The molecule has 0 amide bonds. The molecule has 0 aliphatic heterocycles. The Bertz CT molecular complexity index is 723. The molecule has 2 aromatic rings. The third-order valence-electron chi connectivity index (χ3n) is 3.95. The zero-order valence-corrected chi connectivity index (χ0v) is 16.1. The van der Waals surface area contributed by atoms with Gasteiger partial charge in [-0.15, -0.1) is 24.8 Å². The first-order valence-corrected chi connectivity index (χ1v) is 7.77. The fourth-order valence-corrected chi connectivity index (χ4v) is 3.15. The van der Waals surface area contributed by atoms with E-state index in [4.69, 9.17) is 3.32 Å². The van der Waals surface area contributed by atoms with Crippen LogP contribution in [0.5, 0.6) is 0 Å². The van der Waals surface area contributed by atoms with Crippen LogP contribution in [0.4, 0.5) is 0 Å². The normalized spacial score (nSPS) is 12.7. The average Bonchev–Trinajstić information content (AvgIpc) is 2.94. The molecule has 0 unspecified atom stereocenters. The van der Waals surface area contributed by atoms with Gasteiger partial charge in [-0.1, -0.05) is 0 Å². The maximum Gasteiger partial charge on any atom is -0.147 e. The average molecular weight is 382 g/mol. The van der Waals surface area contributed by atoms with Crippen LogP contribution in [0.1, 0.15) is 24.5 Å². The predicted octanol–water partition coefficient (Wildman–Crippen LogP) is 5.91. The van der Waals surface area contributed by atoms with Gasteiger partial charge < -0.3 is 0 Å². The molecule has 2 aromatic carbocycles. The molecule has 0 saturated heterocycles. The molecule has 0 radical (unpaired) electrons. The van der Waals surface area contributed by atoms with E-state index in [1.54, 1.807) is 20.8 Å². The molecular weight excluding hydrogens is 363 g/mol. The summed E-state index contributed by atoms with van der Waals surface area (Å²) >= 11 is 1.75. The van der Waals surface area contributed by atoms with E-state index in [2.05, 4.69) is 67.6 Å². The summed E-state index contributed by atoms with van der Waals surface area (Å²) in [5.74, 6) is 0. The van der Waals surface area contributed by atoms with Gasteiger partial charge in [-0.25, -0.2) is 0 Å². The zero-order valence-electron chi connectivity index (χ0n) is 12.9. The van der Waals surface area contributed by atoms with Crippen LogP contribution < -0.4 is 0 Å². The van der Waals surface area contributed by atoms with Gasteiger partial charge in [0, 0.05) is 0 Å². The van der Waals surface area contributed by atoms with E-state index in [0.29, 0.717) is 6.61 Å². The largest absolute Gasteiger partial charge is 0.147 e. The van der Waals surface area contributed by atoms with Gasteiger partial charge in [0.25, 0.3) is 0 Å². The van der Waals surface area contributed by atoms with E-state index in [9.17, 15) is 0 Å². The summed E-state index contributed by atoms with van der Waals surface area (Å²) in [6, 6.07) is 17.2. The van der Waals surface area contributed by atoms with Crippen molar-refractivity contribution >= 4 is 30.4 Å². The summed E-state index contributed by atoms with van der Waals surface area (Å²) in [6.07, 6.45) is 5.48. The third-order valence-corrected chi connectivity index (χ3v) is 4.18. The van der Waals surface area contributed by atoms with Gasteiger partial charge in [-0.2, -0.15) is 0 Å². The Morgan fingerprint density at radius 2 is 1.52 bits per heavy atom. The zero-order chi connectivity index (χ0) is 14.7. The molecule has 1 aliphatic rings. The molecule has 0 N–H and O–H groups in total. The molecule has 23 heavy (non-hydrogen) atoms. The van der Waals surface area contributed by atoms with Gasteiger partial charge in [-0.3, -0.25) is 0 Å². The quantitative estimate of drug-likeness (QED) is 0.598. The molecule has 119 valence electrons. The van der Waals surface area contributed by atoms with E-state index in [1.807, 2.05) is 0 Å². The third kappa shape index (κ3) is 4.38. The van der Waals surface area contributed by atoms with Crippen molar-refractivity contribution < 1.29 is 24.1 Å². The Labute approximate surface area is 162 Å². The fraction of sp³-hybridized carbons (Fsp3) is 0.158. The second-order valence-electron chi connectivity index (χ2n) is 5.26. The molecule has 0 aromatic heterocycles. The molecule has 0 fully saturated rings. The van der Waals surface area contributed by atoms with Gasteiger partial charge in [-0.05, 0) is 0 Å². The van der Waals surface area contributed by atoms with E-state index >= 15 is 0 Å². The smallest absolute Gasteiger partial charge is 0.147 e. The number of hydrogen-bond donors (Lipinski definition) is 0. The minimum atomic E-state index is 0. The number of halogens is 2. The van der Waals surface area contributed by atoms with Gasteiger partial charge in [0.15, 0.2) is 0 Å². The Morgan fingerprint density at radius 1 is 0.913 bits per heavy atom. The van der Waals surface area contributed by atoms with Crippen molar-refractivity contribution in [2.24, 2.45) is 0 Å². The number of hydrogen-bond acceptors (Lipinski definition) is 1. The Morgan fingerprint density at radius 3 is 2.13 bits per heavy atom. The van der Waals surface area contributed by atoms with Gasteiger partial charge in [0.2, 0.25) is 0 Å². The summed E-state index contributed by atoms with van der Waals surface area (Å²) in [5, 5.41) is 0. The Hall–Kier alpha value is -0.826. The summed E-state index contributed by atoms with van der Waals surface area (Å²) in [6.45, 7) is 2.83. The molecule has 3 rings (SSSR count). The standard InChI is InChI=1S/C19H17O.2ClH.Ti/c1-14-7-6-12-16(14)18-10-4-5-11-19(18)17-9-3-2-8-15(17)13-20;;;/h2-11H,12-13H2,1H3;2*1H;/q-1;;;+1. The molecule has 4 heteroatoms. The van der Waals surface area contributed by atoms with E-state index in [0.717, 1.165) is 6.42 Å². The Kier molecular flexibility index (Phi) is 8.32. The SMILES string of the molecule is CC1=C(c2ccccc2-c2ccccc2C[O][Ti])CC=C1.Cl.Cl. The van der Waals surface area contributed by atoms with Crippen molar-refractivity contribution in [1.29, 1.82) is 0 Å². The van der Waals surface area contributed by atoms with Crippen LogP contribution in [0.25, 0.3) is 16.7 Å². The van der Waals surface area contributed by atoms with Crippen LogP contribution in [0, 0.1) is 0 Å². The van der Waals surface area contributed by atoms with Gasteiger partial charge in [0.05, 0.1) is 0 Å². The molecule has 0 bridgehead atoms. The second kappa shape index (κ2) is 9.47. The van der Waals surface area contributed by atoms with E-state index in [-0.39, 0.29) is 24.8 Å². The Balaban J connectivity index is 0.00000132. The summed E-state index contributed by atoms with van der Waals surface area (Å²) in [4.78, 5) is 0. The predicted molar refractivity (Wildman–Crippen MR) is 97.5 cm³/mol. The van der Waals surface area contributed by atoms with Crippen molar-refractivity contribution in [3.05, 3.63) is 77.4 Å². The molecule has 1 aliphatic carbocycles. The monoisotopic (exact) mass is 381 g/mol. The molecule has 0 atom stereocenters. The van der Waals surface area contributed by atoms with Crippen LogP contribution >= 0.6 is 24.8 Å². The van der Waals surface area contributed by atoms with Crippen LogP contribution in [0.3, 0.4) is 0 Å². The topological polar surface area (TPSA) is 9.23 Å². The van der Waals surface area contributed by atoms with Gasteiger partial charge >= 0.3 is 138 Å². The second-order valence-corrected chi connectivity index (χ2v) is 5.71. The first kappa shape index (κ1) is 20.2.